The van der Waals surface area contributed by atoms with E-state index in [0.29, 0.717) is 0 Å². The second kappa shape index (κ2) is 5.42. The molecule has 0 saturated carbocycles. The highest BCUT2D eigenvalue weighted by molar-refractivity contribution is 5.11. The molecular weight excluding hydrogens is 148 g/mol. The first-order valence-electron chi connectivity index (χ1n) is 4.18. The van der Waals surface area contributed by atoms with E-state index in [-0.39, 0.29) is 0 Å². The van der Waals surface area contributed by atoms with Crippen LogP contribution in [0.3, 0.4) is 0 Å². The molecule has 1 aromatic rings. The van der Waals surface area contributed by atoms with Gasteiger partial charge in [0.15, 0.2) is 0 Å². The zero-order chi connectivity index (χ0) is 8.65. The molecule has 0 N–H and O–H groups in total. The van der Waals surface area contributed by atoms with E-state index in [4.69, 9.17) is 4.74 Å². The third-order valence-corrected chi connectivity index (χ3v) is 1.54. The van der Waals surface area contributed by atoms with Crippen LogP contribution < -0.4 is 0 Å². The fourth-order valence-electron chi connectivity index (χ4n) is 0.875. The Balaban J connectivity index is 0.000000127. The summed E-state index contributed by atoms with van der Waals surface area (Å²) in [4.78, 5) is 0. The fraction of sp³-hybridized carbons (Fsp3) is 0.273. The van der Waals surface area contributed by atoms with Crippen molar-refractivity contribution < 1.29 is 4.74 Å². The van der Waals surface area contributed by atoms with Crippen molar-refractivity contribution in [2.24, 2.45) is 0 Å². The number of ether oxygens (including phenoxy) is 1. The molecule has 0 fully saturated rings. The van der Waals surface area contributed by atoms with Gasteiger partial charge < -0.3 is 4.74 Å². The number of hydrogen-bond donors (Lipinski definition) is 0. The maximum absolute atomic E-state index is 4.76. The lowest BCUT2D eigenvalue weighted by Gasteiger charge is -1.82. The van der Waals surface area contributed by atoms with Crippen LogP contribution in [0.15, 0.2) is 42.7 Å². The topological polar surface area (TPSA) is 9.23 Å². The summed E-state index contributed by atoms with van der Waals surface area (Å²) in [5, 5.41) is 0. The number of aryl methyl sites for hydroxylation is 1. The van der Waals surface area contributed by atoms with Crippen LogP contribution in [0.2, 0.25) is 0 Å². The summed E-state index contributed by atoms with van der Waals surface area (Å²) in [5.41, 5.74) is 1.32. The molecule has 0 unspecified atom stereocenters. The molecule has 1 heteroatoms. The van der Waals surface area contributed by atoms with E-state index in [9.17, 15) is 0 Å². The zero-order valence-electron chi connectivity index (χ0n) is 7.36. The Bertz CT molecular complexity index is 220. The second-order valence-electron chi connectivity index (χ2n) is 2.69. The van der Waals surface area contributed by atoms with Gasteiger partial charge >= 0.3 is 0 Å². The molecule has 0 bridgehead atoms. The normalized spacial score (nSPS) is 13.1. The summed E-state index contributed by atoms with van der Waals surface area (Å²) in [5.74, 6) is 0. The van der Waals surface area contributed by atoms with E-state index in [1.165, 1.54) is 5.56 Å². The van der Waals surface area contributed by atoms with Crippen LogP contribution in [0.1, 0.15) is 12.0 Å². The molecule has 0 aromatic heterocycles. The van der Waals surface area contributed by atoms with Gasteiger partial charge in [-0.15, -0.1) is 0 Å². The van der Waals surface area contributed by atoms with Gasteiger partial charge in [0.1, 0.15) is 0 Å². The molecule has 1 nitrogen and oxygen atoms in total. The highest BCUT2D eigenvalue weighted by Crippen LogP contribution is 1.93. The van der Waals surface area contributed by atoms with Crippen LogP contribution >= 0.6 is 0 Å². The molecule has 2 rings (SSSR count). The fourth-order valence-corrected chi connectivity index (χ4v) is 0.875. The molecule has 0 atom stereocenters. The van der Waals surface area contributed by atoms with E-state index in [1.807, 2.05) is 24.3 Å². The number of hydrogen-bond acceptors (Lipinski definition) is 1. The maximum Gasteiger partial charge on any atom is 0.0908 e. The summed E-state index contributed by atoms with van der Waals surface area (Å²) >= 11 is 0. The van der Waals surface area contributed by atoms with Crippen LogP contribution in [-0.2, 0) is 4.74 Å². The quantitative estimate of drug-likeness (QED) is 0.570. The molecule has 1 aromatic carbocycles. The Morgan fingerprint density at radius 3 is 2.17 bits per heavy atom. The molecule has 12 heavy (non-hydrogen) atoms. The van der Waals surface area contributed by atoms with Gasteiger partial charge in [-0.3, -0.25) is 0 Å². The highest BCUT2D eigenvalue weighted by Gasteiger charge is 1.84. The average Bonchev–Trinajstić information content (AvgIpc) is 2.62. The summed E-state index contributed by atoms with van der Waals surface area (Å²) in [6, 6.07) is 10.3. The van der Waals surface area contributed by atoms with E-state index in [2.05, 4.69) is 19.1 Å². The van der Waals surface area contributed by atoms with E-state index in [1.54, 1.807) is 6.26 Å². The predicted molar refractivity (Wildman–Crippen MR) is 50.9 cm³/mol. The maximum atomic E-state index is 4.76. The first-order chi connectivity index (χ1) is 5.89. The second-order valence-corrected chi connectivity index (χ2v) is 2.69. The Labute approximate surface area is 73.7 Å². The summed E-state index contributed by atoms with van der Waals surface area (Å²) in [6.45, 7) is 2.97. The Kier molecular flexibility index (Phi) is 4.00. The summed E-state index contributed by atoms with van der Waals surface area (Å²) in [6.07, 6.45) is 4.85. The van der Waals surface area contributed by atoms with Gasteiger partial charge in [0, 0.05) is 6.42 Å². The molecule has 0 radical (unpaired) electrons. The van der Waals surface area contributed by atoms with Crippen molar-refractivity contribution in [3.05, 3.63) is 48.2 Å². The van der Waals surface area contributed by atoms with Crippen LogP contribution in [0.25, 0.3) is 0 Å². The molecule has 64 valence electrons. The smallest absolute Gasteiger partial charge is 0.0908 e. The van der Waals surface area contributed by atoms with Crippen molar-refractivity contribution in [2.45, 2.75) is 13.3 Å². The van der Waals surface area contributed by atoms with Crippen LogP contribution in [0, 0.1) is 6.92 Å². The van der Waals surface area contributed by atoms with Gasteiger partial charge in [-0.25, -0.2) is 0 Å². The number of rotatable bonds is 0. The minimum atomic E-state index is 0.889. The van der Waals surface area contributed by atoms with Crippen molar-refractivity contribution in [2.75, 3.05) is 6.61 Å². The Morgan fingerprint density at radius 1 is 1.17 bits per heavy atom. The van der Waals surface area contributed by atoms with Crippen LogP contribution in [0.5, 0.6) is 0 Å². The van der Waals surface area contributed by atoms with Crippen LogP contribution in [-0.4, -0.2) is 6.61 Å². The summed E-state index contributed by atoms with van der Waals surface area (Å²) in [7, 11) is 0. The predicted octanol–water partition coefficient (Wildman–Crippen LogP) is 2.92. The van der Waals surface area contributed by atoms with Gasteiger partial charge in [0.25, 0.3) is 0 Å². The standard InChI is InChI=1S/C7H8.C4H6O/c1-7-5-3-2-4-6-7;1-2-4-5-3-1/h2-6H,1H3;1,3H,2,4H2. The SMILES string of the molecule is C1=COCC1.Cc1ccccc1. The Morgan fingerprint density at radius 2 is 1.92 bits per heavy atom. The van der Waals surface area contributed by atoms with Crippen molar-refractivity contribution in [3.8, 4) is 0 Å². The molecular formula is C11H14O. The molecule has 1 aliphatic heterocycles. The molecule has 0 aliphatic carbocycles. The zero-order valence-corrected chi connectivity index (χ0v) is 7.36. The molecule has 0 saturated heterocycles. The van der Waals surface area contributed by atoms with E-state index < -0.39 is 0 Å². The first-order valence-corrected chi connectivity index (χ1v) is 4.18. The molecule has 0 spiro atoms. The first kappa shape index (κ1) is 8.85. The van der Waals surface area contributed by atoms with Gasteiger partial charge in [-0.2, -0.15) is 0 Å². The number of benzene rings is 1. The minimum absolute atomic E-state index is 0.889. The minimum Gasteiger partial charge on any atom is -0.501 e. The summed E-state index contributed by atoms with van der Waals surface area (Å²) < 4.78 is 4.76. The Hall–Kier alpha value is -1.24. The highest BCUT2D eigenvalue weighted by atomic mass is 16.5. The van der Waals surface area contributed by atoms with Gasteiger partial charge in [-0.1, -0.05) is 35.9 Å². The lowest BCUT2D eigenvalue weighted by Crippen LogP contribution is -1.70. The van der Waals surface area contributed by atoms with Crippen molar-refractivity contribution >= 4 is 0 Å². The largest absolute Gasteiger partial charge is 0.501 e. The van der Waals surface area contributed by atoms with Gasteiger partial charge in [-0.05, 0) is 13.0 Å². The third kappa shape index (κ3) is 3.81. The van der Waals surface area contributed by atoms with Crippen molar-refractivity contribution in [3.63, 3.8) is 0 Å². The molecule has 1 aliphatic rings. The lowest BCUT2D eigenvalue weighted by atomic mass is 10.2. The third-order valence-electron chi connectivity index (χ3n) is 1.54. The molecule has 0 amide bonds. The molecule has 1 heterocycles. The van der Waals surface area contributed by atoms with E-state index >= 15 is 0 Å². The van der Waals surface area contributed by atoms with Gasteiger partial charge in [0.05, 0.1) is 12.9 Å². The van der Waals surface area contributed by atoms with Crippen LogP contribution in [0.4, 0.5) is 0 Å². The monoisotopic (exact) mass is 162 g/mol. The average molecular weight is 162 g/mol. The van der Waals surface area contributed by atoms with Crippen molar-refractivity contribution in [1.82, 2.24) is 0 Å². The van der Waals surface area contributed by atoms with Crippen molar-refractivity contribution in [1.29, 1.82) is 0 Å². The van der Waals surface area contributed by atoms with Gasteiger partial charge in [0.2, 0.25) is 0 Å². The lowest BCUT2D eigenvalue weighted by molar-refractivity contribution is 0.281. The van der Waals surface area contributed by atoms with E-state index in [0.717, 1.165) is 13.0 Å².